The lowest BCUT2D eigenvalue weighted by Crippen LogP contribution is -2.31. The summed E-state index contributed by atoms with van der Waals surface area (Å²) in [5, 5.41) is 3.64. The summed E-state index contributed by atoms with van der Waals surface area (Å²) >= 11 is 0. The van der Waals surface area contributed by atoms with Crippen LogP contribution in [0.5, 0.6) is 0 Å². The minimum Gasteiger partial charge on any atom is -0.459 e. The van der Waals surface area contributed by atoms with Gasteiger partial charge in [-0.2, -0.15) is 13.6 Å². The number of ether oxygens (including phenoxy) is 2. The van der Waals surface area contributed by atoms with E-state index in [-0.39, 0.29) is 30.0 Å². The number of nitrogen functional groups attached to an aromatic ring is 1. The third-order valence-corrected chi connectivity index (χ3v) is 9.91. The number of nitrogens with one attached hydrogen (secondary N) is 1. The Morgan fingerprint density at radius 2 is 1.96 bits per heavy atom. The van der Waals surface area contributed by atoms with Crippen molar-refractivity contribution in [3.05, 3.63) is 62.5 Å². The highest BCUT2D eigenvalue weighted by Crippen LogP contribution is 2.66. The molecule has 0 amide bonds. The predicted molar refractivity (Wildman–Crippen MR) is 148 cm³/mol. The molecule has 0 radical (unpaired) electrons. The highest BCUT2D eigenvalue weighted by molar-refractivity contribution is 7.66. The molecule has 45 heavy (non-hydrogen) atoms. The highest BCUT2D eigenvalue weighted by atomic mass is 31.3. The Morgan fingerprint density at radius 1 is 1.24 bits per heavy atom. The van der Waals surface area contributed by atoms with Crippen LogP contribution in [0.1, 0.15) is 36.7 Å². The monoisotopic (exact) mass is 694 g/mol. The van der Waals surface area contributed by atoms with Gasteiger partial charge >= 0.3 is 29.4 Å². The van der Waals surface area contributed by atoms with Gasteiger partial charge in [-0.1, -0.05) is 36.3 Å². The molecular weight excluding hydrogens is 669 g/mol. The second-order valence-electron chi connectivity index (χ2n) is 9.31. The second-order valence-corrected chi connectivity index (χ2v) is 13.7. The van der Waals surface area contributed by atoms with Crippen LogP contribution in [0.3, 0.4) is 0 Å². The first-order valence-electron chi connectivity index (χ1n) is 12.4. The molecule has 6 atom stereocenters. The fourth-order valence-electron chi connectivity index (χ4n) is 4.38. The number of hydrogen-bond acceptors (Lipinski definition) is 14. The van der Waals surface area contributed by atoms with Gasteiger partial charge in [0.1, 0.15) is 18.4 Å². The number of benzene rings is 1. The summed E-state index contributed by atoms with van der Waals surface area (Å²) in [5.41, 5.74) is 14.7. The van der Waals surface area contributed by atoms with Crippen molar-refractivity contribution in [2.24, 2.45) is 5.11 Å². The van der Waals surface area contributed by atoms with E-state index in [0.29, 0.717) is 11.1 Å². The molecule has 0 bridgehead atoms. The molecule has 3 aromatic rings. The topological polar surface area (TPSA) is 334 Å². The summed E-state index contributed by atoms with van der Waals surface area (Å²) in [6.07, 6.45) is -2.95. The molecule has 3 heterocycles. The van der Waals surface area contributed by atoms with Crippen molar-refractivity contribution >= 4 is 46.5 Å². The molecule has 22 nitrogen and oxygen atoms in total. The van der Waals surface area contributed by atoms with Crippen molar-refractivity contribution < 1.29 is 60.7 Å². The summed E-state index contributed by atoms with van der Waals surface area (Å²) < 4.78 is 59.8. The van der Waals surface area contributed by atoms with Crippen LogP contribution in [0.15, 0.2) is 40.5 Å². The number of H-pyrrole nitrogens is 1. The number of azide groups is 1. The van der Waals surface area contributed by atoms with Crippen LogP contribution in [-0.2, 0) is 47.5 Å². The Bertz CT molecular complexity index is 1840. The van der Waals surface area contributed by atoms with Crippen LogP contribution in [-0.4, -0.2) is 63.9 Å². The van der Waals surface area contributed by atoms with Crippen LogP contribution < -0.4 is 11.3 Å². The van der Waals surface area contributed by atoms with E-state index >= 15 is 0 Å². The zero-order chi connectivity index (χ0) is 33.2. The van der Waals surface area contributed by atoms with E-state index < -0.39 is 66.1 Å². The van der Waals surface area contributed by atoms with Gasteiger partial charge < -0.3 is 34.8 Å². The maximum Gasteiger partial charge on any atom is 0.490 e. The van der Waals surface area contributed by atoms with Crippen molar-refractivity contribution in [1.82, 2.24) is 19.5 Å². The molecule has 1 aromatic carbocycles. The van der Waals surface area contributed by atoms with Crippen LogP contribution in [0.4, 0.5) is 5.95 Å². The smallest absolute Gasteiger partial charge is 0.459 e. The molecule has 2 aromatic heterocycles. The summed E-state index contributed by atoms with van der Waals surface area (Å²) in [7, 11) is -17.0. The molecule has 244 valence electrons. The number of hydrogen-bond donors (Lipinski definition) is 6. The quantitative estimate of drug-likeness (QED) is 0.0488. The van der Waals surface area contributed by atoms with Crippen molar-refractivity contribution in [3.8, 4) is 0 Å². The number of imidazole rings is 1. The highest BCUT2D eigenvalue weighted by Gasteiger charge is 2.44. The van der Waals surface area contributed by atoms with Crippen LogP contribution in [0.25, 0.3) is 21.6 Å². The molecule has 4 rings (SSSR count). The lowest BCUT2D eigenvalue weighted by Gasteiger charge is -2.21. The van der Waals surface area contributed by atoms with Crippen molar-refractivity contribution in [1.29, 1.82) is 0 Å². The first kappa shape index (κ1) is 34.4. The van der Waals surface area contributed by atoms with Gasteiger partial charge in [-0.15, -0.1) is 0 Å². The number of aromatic nitrogens is 4. The van der Waals surface area contributed by atoms with E-state index in [4.69, 9.17) is 35.0 Å². The zero-order valence-corrected chi connectivity index (χ0v) is 25.5. The van der Waals surface area contributed by atoms with E-state index in [1.807, 2.05) is 0 Å². The molecule has 1 aliphatic rings. The van der Waals surface area contributed by atoms with E-state index in [1.165, 1.54) is 10.9 Å². The minimum atomic E-state index is -5.80. The number of aromatic amines is 1. The number of esters is 1. The average Bonchev–Trinajstić information content (AvgIpc) is 3.49. The third-order valence-electron chi connectivity index (χ3n) is 6.11. The molecular formula is C20H25N8O14P3. The number of anilines is 1. The lowest BCUT2D eigenvalue weighted by molar-refractivity contribution is -0.152. The molecule has 0 aliphatic carbocycles. The number of carbonyl (C=O) groups excluding carboxylic acids is 1. The van der Waals surface area contributed by atoms with Gasteiger partial charge in [0.05, 0.1) is 25.4 Å². The minimum absolute atomic E-state index is 0.0131. The maximum absolute atomic E-state index is 13.1. The first-order chi connectivity index (χ1) is 21.0. The van der Waals surface area contributed by atoms with Gasteiger partial charge in [-0.05, 0) is 16.7 Å². The van der Waals surface area contributed by atoms with Crippen LogP contribution in [0.2, 0.25) is 0 Å². The summed E-state index contributed by atoms with van der Waals surface area (Å²) in [5.74, 6) is -1.05. The summed E-state index contributed by atoms with van der Waals surface area (Å²) in [4.78, 5) is 75.1. The Kier molecular flexibility index (Phi) is 10.3. The van der Waals surface area contributed by atoms with Crippen molar-refractivity contribution in [2.75, 3.05) is 12.3 Å². The van der Waals surface area contributed by atoms with Crippen LogP contribution in [0, 0.1) is 0 Å². The van der Waals surface area contributed by atoms with Gasteiger partial charge in [0.2, 0.25) is 5.95 Å². The zero-order valence-electron chi connectivity index (χ0n) is 22.8. The number of nitrogens with zero attached hydrogens (tertiary/aromatic N) is 6. The predicted octanol–water partition coefficient (Wildman–Crippen LogP) is 1.86. The maximum atomic E-state index is 13.1. The molecule has 0 spiro atoms. The largest absolute Gasteiger partial charge is 0.490 e. The van der Waals surface area contributed by atoms with Gasteiger partial charge in [0.15, 0.2) is 11.2 Å². The number of rotatable bonds is 13. The standard InChI is InChI=1S/C20H25N8O14P3/c1-10(26-27-22)12-5-3-2-4-11(12)6-16(29)40-13-7-15(28-9-23-17-18(28)24-20(21)25-19(17)30)39-14(13)8-38-44(34,35)42-45(36,37)41-43(31,32)33/h2-5,9-10,13-15H,6-8H2,1H3,(H,34,35)(H,36,37)(H2,31,32,33)(H3,21,24,25,30)/t10?,13?,14-,15-/m1/s1. The van der Waals surface area contributed by atoms with Gasteiger partial charge in [-0.3, -0.25) is 23.7 Å². The van der Waals surface area contributed by atoms with E-state index in [1.54, 1.807) is 31.2 Å². The molecule has 25 heteroatoms. The van der Waals surface area contributed by atoms with Crippen LogP contribution >= 0.6 is 23.5 Å². The number of nitrogens with two attached hydrogens (primary N) is 1. The van der Waals surface area contributed by atoms with Gasteiger partial charge in [-0.25, -0.2) is 18.7 Å². The van der Waals surface area contributed by atoms with Gasteiger partial charge in [0, 0.05) is 11.3 Å². The fourth-order valence-corrected chi connectivity index (χ4v) is 7.41. The Labute approximate surface area is 251 Å². The van der Waals surface area contributed by atoms with E-state index in [9.17, 15) is 33.1 Å². The number of phosphoric ester groups is 1. The Hall–Kier alpha value is -3.48. The second kappa shape index (κ2) is 13.5. The van der Waals surface area contributed by atoms with E-state index in [0.717, 1.165) is 0 Å². The number of fused-ring (bicyclic) bond motifs is 1. The van der Waals surface area contributed by atoms with Gasteiger partial charge in [0.25, 0.3) is 5.56 Å². The van der Waals surface area contributed by atoms with E-state index in [2.05, 4.69) is 33.6 Å². The molecule has 1 saturated heterocycles. The van der Waals surface area contributed by atoms with Crippen molar-refractivity contribution in [2.45, 2.75) is 44.2 Å². The first-order valence-corrected chi connectivity index (χ1v) is 17.0. The SMILES string of the molecule is CC(N=[N+]=[N-])c1ccccc1CC(=O)OC1C[C@H](n2cnc3c(=O)[nH]c(N)nc32)O[C@@H]1COP(=O)(O)OP(=O)(O)OP(=O)(O)O. The molecule has 1 fully saturated rings. The molecule has 7 N–H and O–H groups in total. The lowest BCUT2D eigenvalue weighted by atomic mass is 9.99. The fraction of sp³-hybridized carbons (Fsp3) is 0.400. The molecule has 0 saturated carbocycles. The summed E-state index contributed by atoms with van der Waals surface area (Å²) in [6, 6.07) is 5.99. The average molecular weight is 694 g/mol. The third kappa shape index (κ3) is 9.05. The number of carbonyl (C=O) groups is 1. The molecule has 1 aliphatic heterocycles. The Morgan fingerprint density at radius 3 is 2.64 bits per heavy atom. The van der Waals surface area contributed by atoms with Crippen molar-refractivity contribution in [3.63, 3.8) is 0 Å². The number of phosphoric acid groups is 3. The normalized spacial score (nSPS) is 21.8. The summed E-state index contributed by atoms with van der Waals surface area (Å²) in [6.45, 7) is 0.685. The molecule has 4 unspecified atom stereocenters. The Balaban J connectivity index is 1.56.